The zero-order chi connectivity index (χ0) is 16.1. The molecule has 0 aliphatic heterocycles. The van der Waals surface area contributed by atoms with Crippen molar-refractivity contribution in [1.82, 2.24) is 5.43 Å². The van der Waals surface area contributed by atoms with Gasteiger partial charge in [-0.1, -0.05) is 29.8 Å². The van der Waals surface area contributed by atoms with Gasteiger partial charge in [-0.2, -0.15) is 5.10 Å². The van der Waals surface area contributed by atoms with Gasteiger partial charge in [-0.15, -0.1) is 0 Å². The number of hydrazone groups is 1. The van der Waals surface area contributed by atoms with Crippen LogP contribution in [0.15, 0.2) is 47.6 Å². The summed E-state index contributed by atoms with van der Waals surface area (Å²) in [5.74, 6) is -0.571. The maximum atomic E-state index is 11.9. The Labute approximate surface area is 126 Å². The summed E-state index contributed by atoms with van der Waals surface area (Å²) >= 11 is 0. The molecule has 0 bridgehead atoms. The fourth-order valence-corrected chi connectivity index (χ4v) is 1.75. The second-order valence-corrected chi connectivity index (χ2v) is 4.68. The van der Waals surface area contributed by atoms with Gasteiger partial charge in [0.2, 0.25) is 0 Å². The highest BCUT2D eigenvalue weighted by Crippen LogP contribution is 2.18. The number of hydrogen-bond acceptors (Lipinski definition) is 5. The molecule has 1 amide bonds. The number of nitrogens with two attached hydrogens (primary N) is 1. The highest BCUT2D eigenvalue weighted by molar-refractivity contribution is 5.96. The molecule has 7 nitrogen and oxygen atoms in total. The first-order valence-electron chi connectivity index (χ1n) is 6.41. The van der Waals surface area contributed by atoms with Crippen LogP contribution in [0.1, 0.15) is 21.5 Å². The van der Waals surface area contributed by atoms with Crippen LogP contribution in [0.2, 0.25) is 0 Å². The molecule has 7 heteroatoms. The van der Waals surface area contributed by atoms with Crippen LogP contribution in [0.3, 0.4) is 0 Å². The van der Waals surface area contributed by atoms with Crippen LogP contribution in [0.5, 0.6) is 0 Å². The lowest BCUT2D eigenvalue weighted by atomic mass is 10.1. The zero-order valence-electron chi connectivity index (χ0n) is 11.8. The number of nitro groups is 1. The Morgan fingerprint density at radius 3 is 2.59 bits per heavy atom. The van der Waals surface area contributed by atoms with Crippen molar-refractivity contribution in [2.45, 2.75) is 6.92 Å². The minimum atomic E-state index is -0.608. The number of carbonyl (C=O) groups is 1. The molecule has 0 fully saturated rings. The van der Waals surface area contributed by atoms with Gasteiger partial charge in [0.15, 0.2) is 0 Å². The number of anilines is 1. The molecule has 0 unspecified atom stereocenters. The van der Waals surface area contributed by atoms with E-state index in [9.17, 15) is 14.9 Å². The topological polar surface area (TPSA) is 111 Å². The third-order valence-corrected chi connectivity index (χ3v) is 2.87. The van der Waals surface area contributed by atoms with E-state index in [1.54, 1.807) is 0 Å². The SMILES string of the molecule is Cc1ccc(C=NNC(=O)c2cc(N)cc([N+](=O)[O-])c2)cc1. The molecule has 0 spiro atoms. The largest absolute Gasteiger partial charge is 0.399 e. The van der Waals surface area contributed by atoms with Crippen molar-refractivity contribution < 1.29 is 9.72 Å². The second kappa shape index (κ2) is 6.49. The first-order chi connectivity index (χ1) is 10.5. The lowest BCUT2D eigenvalue weighted by Gasteiger charge is -2.02. The van der Waals surface area contributed by atoms with E-state index in [-0.39, 0.29) is 16.9 Å². The summed E-state index contributed by atoms with van der Waals surface area (Å²) in [4.78, 5) is 22.0. The molecule has 2 rings (SSSR count). The average molecular weight is 298 g/mol. The summed E-state index contributed by atoms with van der Waals surface area (Å²) < 4.78 is 0. The molecule has 0 aliphatic carbocycles. The number of nitrogens with zero attached hydrogens (tertiary/aromatic N) is 2. The predicted molar refractivity (Wildman–Crippen MR) is 83.7 cm³/mol. The molecule has 22 heavy (non-hydrogen) atoms. The number of nitrogen functional groups attached to an aromatic ring is 1. The van der Waals surface area contributed by atoms with Gasteiger partial charge < -0.3 is 5.73 Å². The summed E-state index contributed by atoms with van der Waals surface area (Å²) in [5.41, 5.74) is 9.77. The molecule has 0 saturated heterocycles. The Balaban J connectivity index is 2.09. The predicted octanol–water partition coefficient (Wildman–Crippen LogP) is 2.25. The van der Waals surface area contributed by atoms with E-state index in [1.165, 1.54) is 18.3 Å². The second-order valence-electron chi connectivity index (χ2n) is 4.68. The number of nitrogens with one attached hydrogen (secondary N) is 1. The van der Waals surface area contributed by atoms with Crippen molar-refractivity contribution in [3.8, 4) is 0 Å². The fraction of sp³-hybridized carbons (Fsp3) is 0.0667. The highest BCUT2D eigenvalue weighted by Gasteiger charge is 2.13. The van der Waals surface area contributed by atoms with Crippen LogP contribution in [-0.4, -0.2) is 17.0 Å². The van der Waals surface area contributed by atoms with Crippen LogP contribution in [0.25, 0.3) is 0 Å². The van der Waals surface area contributed by atoms with Gasteiger partial charge in [-0.25, -0.2) is 5.43 Å². The molecule has 2 aromatic carbocycles. The van der Waals surface area contributed by atoms with Crippen LogP contribution in [-0.2, 0) is 0 Å². The number of amides is 1. The maximum Gasteiger partial charge on any atom is 0.272 e. The monoisotopic (exact) mass is 298 g/mol. The normalized spacial score (nSPS) is 10.6. The van der Waals surface area contributed by atoms with Crippen LogP contribution in [0, 0.1) is 17.0 Å². The molecule has 2 aromatic rings. The van der Waals surface area contributed by atoms with Gasteiger partial charge in [0.1, 0.15) is 0 Å². The van der Waals surface area contributed by atoms with Crippen molar-refractivity contribution in [3.05, 3.63) is 69.3 Å². The summed E-state index contributed by atoms with van der Waals surface area (Å²) in [7, 11) is 0. The molecular weight excluding hydrogens is 284 g/mol. The van der Waals surface area contributed by atoms with Crippen LogP contribution in [0.4, 0.5) is 11.4 Å². The number of carbonyl (C=O) groups excluding carboxylic acids is 1. The molecule has 0 radical (unpaired) electrons. The Bertz CT molecular complexity index is 739. The standard InChI is InChI=1S/C15H14N4O3/c1-10-2-4-11(5-3-10)9-17-18-15(20)12-6-13(16)8-14(7-12)19(21)22/h2-9H,16H2,1H3,(H,18,20). The molecular formula is C15H14N4O3. The van der Waals surface area contributed by atoms with Crippen molar-refractivity contribution in [2.24, 2.45) is 5.10 Å². The zero-order valence-corrected chi connectivity index (χ0v) is 11.8. The van der Waals surface area contributed by atoms with Gasteiger partial charge >= 0.3 is 0 Å². The van der Waals surface area contributed by atoms with Gasteiger partial charge in [0.25, 0.3) is 11.6 Å². The van der Waals surface area contributed by atoms with E-state index >= 15 is 0 Å². The minimum Gasteiger partial charge on any atom is -0.399 e. The molecule has 0 saturated carbocycles. The smallest absolute Gasteiger partial charge is 0.272 e. The number of nitro benzene ring substituents is 1. The molecule has 0 atom stereocenters. The molecule has 112 valence electrons. The Morgan fingerprint density at radius 2 is 1.95 bits per heavy atom. The number of benzene rings is 2. The van der Waals surface area contributed by atoms with Crippen molar-refractivity contribution in [1.29, 1.82) is 0 Å². The number of non-ortho nitro benzene ring substituents is 1. The van der Waals surface area contributed by atoms with Crippen molar-refractivity contribution in [3.63, 3.8) is 0 Å². The van der Waals surface area contributed by atoms with Crippen molar-refractivity contribution >= 4 is 23.5 Å². The van der Waals surface area contributed by atoms with E-state index in [0.717, 1.165) is 17.2 Å². The molecule has 3 N–H and O–H groups in total. The molecule has 0 aromatic heterocycles. The van der Waals surface area contributed by atoms with E-state index in [4.69, 9.17) is 5.73 Å². The van der Waals surface area contributed by atoms with E-state index in [0.29, 0.717) is 0 Å². The maximum absolute atomic E-state index is 11.9. The van der Waals surface area contributed by atoms with Gasteiger partial charge in [0, 0.05) is 17.8 Å². The lowest BCUT2D eigenvalue weighted by Crippen LogP contribution is -2.18. The fourth-order valence-electron chi connectivity index (χ4n) is 1.75. The van der Waals surface area contributed by atoms with Crippen LogP contribution >= 0.6 is 0 Å². The van der Waals surface area contributed by atoms with Gasteiger partial charge in [-0.05, 0) is 18.6 Å². The average Bonchev–Trinajstić information content (AvgIpc) is 2.48. The van der Waals surface area contributed by atoms with Crippen LogP contribution < -0.4 is 11.2 Å². The third-order valence-electron chi connectivity index (χ3n) is 2.87. The number of rotatable bonds is 4. The van der Waals surface area contributed by atoms with Crippen molar-refractivity contribution in [2.75, 3.05) is 5.73 Å². The number of hydrogen-bond donors (Lipinski definition) is 2. The Kier molecular flexibility index (Phi) is 4.47. The quantitative estimate of drug-likeness (QED) is 0.390. The molecule has 0 aliphatic rings. The molecule has 0 heterocycles. The summed E-state index contributed by atoms with van der Waals surface area (Å²) in [6, 6.07) is 11.2. The summed E-state index contributed by atoms with van der Waals surface area (Å²) in [6.45, 7) is 1.97. The van der Waals surface area contributed by atoms with E-state index in [2.05, 4.69) is 10.5 Å². The Morgan fingerprint density at radius 1 is 1.27 bits per heavy atom. The van der Waals surface area contributed by atoms with Gasteiger partial charge in [-0.3, -0.25) is 14.9 Å². The first-order valence-corrected chi connectivity index (χ1v) is 6.41. The minimum absolute atomic E-state index is 0.0766. The number of aryl methyl sites for hydroxylation is 1. The first kappa shape index (κ1) is 15.2. The highest BCUT2D eigenvalue weighted by atomic mass is 16.6. The summed E-state index contributed by atoms with van der Waals surface area (Å²) in [6.07, 6.45) is 1.48. The van der Waals surface area contributed by atoms with E-state index in [1.807, 2.05) is 31.2 Å². The summed E-state index contributed by atoms with van der Waals surface area (Å²) in [5, 5.41) is 14.6. The lowest BCUT2D eigenvalue weighted by molar-refractivity contribution is -0.384. The van der Waals surface area contributed by atoms with Gasteiger partial charge in [0.05, 0.1) is 16.7 Å². The van der Waals surface area contributed by atoms with E-state index < -0.39 is 10.8 Å². The Hall–Kier alpha value is -3.22. The third kappa shape index (κ3) is 3.89.